The van der Waals surface area contributed by atoms with Gasteiger partial charge in [0.1, 0.15) is 17.6 Å². The van der Waals surface area contributed by atoms with E-state index in [9.17, 15) is 10.1 Å². The summed E-state index contributed by atoms with van der Waals surface area (Å²) >= 11 is 0. The summed E-state index contributed by atoms with van der Waals surface area (Å²) in [6.07, 6.45) is 5.69. The summed E-state index contributed by atoms with van der Waals surface area (Å²) in [5, 5.41) is 18.6. The maximum Gasteiger partial charge on any atom is 0.241 e. The zero-order valence-corrected chi connectivity index (χ0v) is 10.4. The van der Waals surface area contributed by atoms with Crippen molar-refractivity contribution in [3.63, 3.8) is 0 Å². The maximum absolute atomic E-state index is 12.3. The first-order valence-electron chi connectivity index (χ1n) is 6.25. The molecule has 96 valence electrons. The minimum absolute atomic E-state index is 0.186. The Morgan fingerprint density at radius 2 is 2.28 bits per heavy atom. The Labute approximate surface area is 106 Å². The van der Waals surface area contributed by atoms with Crippen LogP contribution in [0.2, 0.25) is 0 Å². The number of rotatable bonds is 3. The van der Waals surface area contributed by atoms with Crippen molar-refractivity contribution in [2.45, 2.75) is 45.1 Å². The first-order valence-corrected chi connectivity index (χ1v) is 6.25. The molecule has 1 atom stereocenters. The molecule has 1 aromatic heterocycles. The van der Waals surface area contributed by atoms with Gasteiger partial charge >= 0.3 is 0 Å². The van der Waals surface area contributed by atoms with Gasteiger partial charge in [-0.3, -0.25) is 9.89 Å². The summed E-state index contributed by atoms with van der Waals surface area (Å²) in [7, 11) is 0. The lowest BCUT2D eigenvalue weighted by molar-refractivity contribution is -0.130. The molecule has 6 nitrogen and oxygen atoms in total. The van der Waals surface area contributed by atoms with Crippen LogP contribution in [0.5, 0.6) is 0 Å². The Bertz CT molecular complexity index is 442. The lowest BCUT2D eigenvalue weighted by Gasteiger charge is -2.30. The highest BCUT2D eigenvalue weighted by atomic mass is 16.2. The van der Waals surface area contributed by atoms with E-state index in [1.165, 1.54) is 6.33 Å². The van der Waals surface area contributed by atoms with Gasteiger partial charge in [0.05, 0.1) is 12.1 Å². The van der Waals surface area contributed by atoms with Crippen molar-refractivity contribution in [3.05, 3.63) is 12.2 Å². The fourth-order valence-corrected chi connectivity index (χ4v) is 2.37. The van der Waals surface area contributed by atoms with Gasteiger partial charge in [0.15, 0.2) is 0 Å². The van der Waals surface area contributed by atoms with E-state index in [-0.39, 0.29) is 11.9 Å². The average molecular weight is 247 g/mol. The average Bonchev–Trinajstić information content (AvgIpc) is 2.93. The molecular weight excluding hydrogens is 230 g/mol. The number of hydrogen-bond acceptors (Lipinski definition) is 4. The molecule has 0 saturated heterocycles. The molecular formula is C12H17N5O. The van der Waals surface area contributed by atoms with E-state index in [1.807, 2.05) is 6.92 Å². The van der Waals surface area contributed by atoms with Crippen LogP contribution in [-0.2, 0) is 4.79 Å². The van der Waals surface area contributed by atoms with Crippen molar-refractivity contribution < 1.29 is 4.79 Å². The number of nitrogens with zero attached hydrogens (tertiary/aromatic N) is 3. The number of nitrogens with one attached hydrogen (secondary N) is 2. The predicted octanol–water partition coefficient (Wildman–Crippen LogP) is 1.46. The van der Waals surface area contributed by atoms with Gasteiger partial charge < -0.3 is 5.32 Å². The van der Waals surface area contributed by atoms with Crippen LogP contribution in [0.1, 0.15) is 50.9 Å². The van der Waals surface area contributed by atoms with Gasteiger partial charge in [-0.1, -0.05) is 19.3 Å². The Balaban J connectivity index is 2.04. The molecule has 1 amide bonds. The van der Waals surface area contributed by atoms with Crippen LogP contribution >= 0.6 is 0 Å². The molecule has 1 unspecified atom stereocenters. The van der Waals surface area contributed by atoms with Gasteiger partial charge in [0.2, 0.25) is 5.91 Å². The third-order valence-electron chi connectivity index (χ3n) is 3.55. The molecule has 18 heavy (non-hydrogen) atoms. The van der Waals surface area contributed by atoms with Crippen LogP contribution in [0.25, 0.3) is 0 Å². The molecule has 0 aliphatic heterocycles. The summed E-state index contributed by atoms with van der Waals surface area (Å²) in [5.41, 5.74) is -0.855. The van der Waals surface area contributed by atoms with Gasteiger partial charge in [-0.15, -0.1) is 0 Å². The summed E-state index contributed by atoms with van der Waals surface area (Å²) in [5.74, 6) is 0.417. The number of carbonyl (C=O) groups excluding carboxylic acids is 1. The Kier molecular flexibility index (Phi) is 3.60. The maximum atomic E-state index is 12.3. The van der Waals surface area contributed by atoms with E-state index >= 15 is 0 Å². The van der Waals surface area contributed by atoms with Crippen LogP contribution in [0, 0.1) is 16.7 Å². The predicted molar refractivity (Wildman–Crippen MR) is 64.1 cm³/mol. The Morgan fingerprint density at radius 3 is 2.83 bits per heavy atom. The minimum atomic E-state index is -0.855. The third-order valence-corrected chi connectivity index (χ3v) is 3.55. The molecule has 0 spiro atoms. The monoisotopic (exact) mass is 247 g/mol. The number of H-pyrrole nitrogens is 1. The second-order valence-electron chi connectivity index (χ2n) is 4.82. The molecule has 2 rings (SSSR count). The molecule has 1 aliphatic rings. The number of aromatic amines is 1. The summed E-state index contributed by atoms with van der Waals surface area (Å²) in [4.78, 5) is 16.3. The fraction of sp³-hybridized carbons (Fsp3) is 0.667. The molecule has 0 radical (unpaired) electrons. The number of amides is 1. The number of nitriles is 1. The zero-order chi connectivity index (χ0) is 13.0. The molecule has 1 aliphatic carbocycles. The molecule has 1 heterocycles. The summed E-state index contributed by atoms with van der Waals surface area (Å²) < 4.78 is 0. The molecule has 2 N–H and O–H groups in total. The lowest BCUT2D eigenvalue weighted by atomic mass is 9.74. The number of hydrogen-bond donors (Lipinski definition) is 2. The third kappa shape index (κ3) is 2.35. The van der Waals surface area contributed by atoms with Gasteiger partial charge in [-0.25, -0.2) is 4.98 Å². The summed E-state index contributed by atoms with van der Waals surface area (Å²) in [6.45, 7) is 1.83. The van der Waals surface area contributed by atoms with E-state index in [2.05, 4.69) is 26.6 Å². The van der Waals surface area contributed by atoms with Crippen LogP contribution in [0.4, 0.5) is 0 Å². The zero-order valence-electron chi connectivity index (χ0n) is 10.4. The topological polar surface area (TPSA) is 94.5 Å². The molecule has 1 aromatic rings. The molecule has 0 bridgehead atoms. The second-order valence-corrected chi connectivity index (χ2v) is 4.82. The highest BCUT2D eigenvalue weighted by molar-refractivity contribution is 5.85. The SMILES string of the molecule is CC(NC(=O)C1(C#N)CCCCC1)c1ncn[nH]1. The van der Waals surface area contributed by atoms with Crippen LogP contribution in [0.15, 0.2) is 6.33 Å². The van der Waals surface area contributed by atoms with Crippen molar-refractivity contribution in [2.24, 2.45) is 5.41 Å². The first-order chi connectivity index (χ1) is 8.68. The van der Waals surface area contributed by atoms with E-state index in [4.69, 9.17) is 0 Å². The smallest absolute Gasteiger partial charge is 0.241 e. The van der Waals surface area contributed by atoms with Gasteiger partial charge in [0.25, 0.3) is 0 Å². The van der Waals surface area contributed by atoms with Crippen LogP contribution in [0.3, 0.4) is 0 Å². The highest BCUT2D eigenvalue weighted by Crippen LogP contribution is 2.36. The van der Waals surface area contributed by atoms with Gasteiger partial charge in [-0.05, 0) is 19.8 Å². The Hall–Kier alpha value is -1.90. The first kappa shape index (κ1) is 12.6. The van der Waals surface area contributed by atoms with Crippen molar-refractivity contribution in [1.29, 1.82) is 5.26 Å². The van der Waals surface area contributed by atoms with E-state index in [0.29, 0.717) is 18.7 Å². The highest BCUT2D eigenvalue weighted by Gasteiger charge is 2.40. The van der Waals surface area contributed by atoms with Gasteiger partial charge in [0, 0.05) is 0 Å². The standard InChI is InChI=1S/C12H17N5O/c1-9(10-14-8-15-17-10)16-11(18)12(7-13)5-3-2-4-6-12/h8-9H,2-6H2,1H3,(H,16,18)(H,14,15,17). The van der Waals surface area contributed by atoms with Crippen LogP contribution in [-0.4, -0.2) is 21.1 Å². The lowest BCUT2D eigenvalue weighted by Crippen LogP contribution is -2.42. The molecule has 1 fully saturated rings. The molecule has 0 aromatic carbocycles. The van der Waals surface area contributed by atoms with Crippen molar-refractivity contribution in [1.82, 2.24) is 20.5 Å². The number of aromatic nitrogens is 3. The second kappa shape index (κ2) is 5.17. The van der Waals surface area contributed by atoms with E-state index in [1.54, 1.807) is 0 Å². The van der Waals surface area contributed by atoms with E-state index in [0.717, 1.165) is 19.3 Å². The van der Waals surface area contributed by atoms with Crippen molar-refractivity contribution in [3.8, 4) is 6.07 Å². The van der Waals surface area contributed by atoms with Crippen molar-refractivity contribution >= 4 is 5.91 Å². The summed E-state index contributed by atoms with van der Waals surface area (Å²) in [6, 6.07) is 1.95. The van der Waals surface area contributed by atoms with Crippen molar-refractivity contribution in [2.75, 3.05) is 0 Å². The normalized spacial score (nSPS) is 19.8. The minimum Gasteiger partial charge on any atom is -0.345 e. The molecule has 1 saturated carbocycles. The largest absolute Gasteiger partial charge is 0.345 e. The molecule has 6 heteroatoms. The fourth-order valence-electron chi connectivity index (χ4n) is 2.37. The Morgan fingerprint density at radius 1 is 1.56 bits per heavy atom. The van der Waals surface area contributed by atoms with Crippen LogP contribution < -0.4 is 5.32 Å². The number of carbonyl (C=O) groups is 1. The quantitative estimate of drug-likeness (QED) is 0.845. The van der Waals surface area contributed by atoms with E-state index < -0.39 is 5.41 Å². The van der Waals surface area contributed by atoms with Gasteiger partial charge in [-0.2, -0.15) is 10.4 Å².